The number of esters is 2. The number of carbonyl (C=O) groups excluding carboxylic acids is 3. The summed E-state index contributed by atoms with van der Waals surface area (Å²) in [5.41, 5.74) is -0.597. The molecule has 0 saturated carbocycles. The molecule has 29 heavy (non-hydrogen) atoms. The van der Waals surface area contributed by atoms with Crippen LogP contribution in [0.4, 0.5) is 4.79 Å². The van der Waals surface area contributed by atoms with Gasteiger partial charge in [0, 0.05) is 19.8 Å². The molecule has 0 aromatic carbocycles. The second-order valence-electron chi connectivity index (χ2n) is 7.20. The lowest BCUT2D eigenvalue weighted by molar-refractivity contribution is -0.159. The van der Waals surface area contributed by atoms with Gasteiger partial charge in [-0.05, 0) is 66.6 Å². The molecule has 0 aromatic rings. The summed E-state index contributed by atoms with van der Waals surface area (Å²) >= 11 is 1.21. The molecule has 0 heterocycles. The summed E-state index contributed by atoms with van der Waals surface area (Å²) in [6.45, 7) is 12.4. The van der Waals surface area contributed by atoms with Crippen LogP contribution in [0.1, 0.15) is 60.8 Å². The number of ether oxygens (including phenoxy) is 4. The predicted molar refractivity (Wildman–Crippen MR) is 113 cm³/mol. The average Bonchev–Trinajstić information content (AvgIpc) is 2.62. The summed E-state index contributed by atoms with van der Waals surface area (Å²) in [6.07, 6.45) is 0.712. The van der Waals surface area contributed by atoms with E-state index in [2.05, 4.69) is 5.32 Å². The van der Waals surface area contributed by atoms with Gasteiger partial charge in [-0.2, -0.15) is 0 Å². The topological polar surface area (TPSA) is 100 Å². The second-order valence-corrected chi connectivity index (χ2v) is 8.59. The minimum Gasteiger partial charge on any atom is -0.465 e. The summed E-state index contributed by atoms with van der Waals surface area (Å²) in [6, 6.07) is 0. The molecule has 1 amide bonds. The van der Waals surface area contributed by atoms with E-state index in [9.17, 15) is 14.4 Å². The normalized spacial score (nSPS) is 11.7. The van der Waals surface area contributed by atoms with Gasteiger partial charge in [0.05, 0.1) is 13.2 Å². The van der Waals surface area contributed by atoms with Gasteiger partial charge in [0.1, 0.15) is 5.60 Å². The van der Waals surface area contributed by atoms with Crippen molar-refractivity contribution < 1.29 is 33.3 Å². The minimum absolute atomic E-state index is 0.162. The van der Waals surface area contributed by atoms with E-state index in [1.54, 1.807) is 34.6 Å². The van der Waals surface area contributed by atoms with Crippen molar-refractivity contribution in [2.75, 3.05) is 38.7 Å². The number of hydrogen-bond donors (Lipinski definition) is 1. The van der Waals surface area contributed by atoms with Crippen molar-refractivity contribution in [3.8, 4) is 0 Å². The van der Waals surface area contributed by atoms with Gasteiger partial charge in [-0.1, -0.05) is 0 Å². The number of amides is 1. The molecule has 0 saturated heterocycles. The predicted octanol–water partition coefficient (Wildman–Crippen LogP) is 3.32. The first-order valence-corrected chi connectivity index (χ1v) is 11.1. The molecule has 0 atom stereocenters. The fourth-order valence-electron chi connectivity index (χ4n) is 2.37. The van der Waals surface area contributed by atoms with Crippen molar-refractivity contribution >= 4 is 29.8 Å². The third kappa shape index (κ3) is 11.3. The Hall–Kier alpha value is -1.48. The van der Waals surface area contributed by atoms with Crippen molar-refractivity contribution in [2.24, 2.45) is 0 Å². The lowest BCUT2D eigenvalue weighted by atomic mass is 10.0. The van der Waals surface area contributed by atoms with Gasteiger partial charge in [0.2, 0.25) is 4.75 Å². The van der Waals surface area contributed by atoms with Crippen LogP contribution in [0.25, 0.3) is 0 Å². The molecule has 0 aliphatic heterocycles. The van der Waals surface area contributed by atoms with E-state index >= 15 is 0 Å². The average molecular weight is 436 g/mol. The summed E-state index contributed by atoms with van der Waals surface area (Å²) in [7, 11) is 0. The van der Waals surface area contributed by atoms with Gasteiger partial charge in [0.15, 0.2) is 0 Å². The number of nitrogens with one attached hydrogen (secondary N) is 1. The van der Waals surface area contributed by atoms with Crippen LogP contribution in [0.5, 0.6) is 0 Å². The van der Waals surface area contributed by atoms with Gasteiger partial charge < -0.3 is 24.3 Å². The summed E-state index contributed by atoms with van der Waals surface area (Å²) in [4.78, 5) is 37.3. The third-order valence-electron chi connectivity index (χ3n) is 3.57. The molecular weight excluding hydrogens is 398 g/mol. The Morgan fingerprint density at radius 2 is 1.48 bits per heavy atom. The zero-order valence-corrected chi connectivity index (χ0v) is 19.4. The first kappa shape index (κ1) is 27.5. The second kappa shape index (κ2) is 14.5. The number of rotatable bonds is 14. The highest BCUT2D eigenvalue weighted by molar-refractivity contribution is 8.02. The van der Waals surface area contributed by atoms with Crippen molar-refractivity contribution in [2.45, 2.75) is 71.2 Å². The van der Waals surface area contributed by atoms with E-state index in [1.807, 2.05) is 6.92 Å². The Morgan fingerprint density at radius 1 is 0.897 bits per heavy atom. The minimum atomic E-state index is -1.46. The maximum absolute atomic E-state index is 12.7. The van der Waals surface area contributed by atoms with Gasteiger partial charge in [-0.25, -0.2) is 14.4 Å². The Labute approximate surface area is 178 Å². The van der Waals surface area contributed by atoms with Crippen LogP contribution in [0.15, 0.2) is 0 Å². The van der Waals surface area contributed by atoms with Crippen LogP contribution in [-0.2, 0) is 28.5 Å². The zero-order chi connectivity index (χ0) is 22.3. The highest BCUT2D eigenvalue weighted by Crippen LogP contribution is 2.34. The maximum atomic E-state index is 12.7. The molecule has 170 valence electrons. The molecule has 0 unspecified atom stereocenters. The van der Waals surface area contributed by atoms with Crippen molar-refractivity contribution in [3.63, 3.8) is 0 Å². The van der Waals surface area contributed by atoms with Crippen LogP contribution in [0.2, 0.25) is 0 Å². The highest BCUT2D eigenvalue weighted by Gasteiger charge is 2.49. The molecule has 0 bridgehead atoms. The first-order chi connectivity index (χ1) is 13.6. The SMILES string of the molecule is CCOCCCSC(CCCNC(=O)OC(C)(C)C)(C(=O)OCC)C(=O)OCC. The molecule has 0 radical (unpaired) electrons. The molecule has 0 aliphatic carbocycles. The van der Waals surface area contributed by atoms with Crippen LogP contribution >= 0.6 is 11.8 Å². The monoisotopic (exact) mass is 435 g/mol. The largest absolute Gasteiger partial charge is 0.465 e. The number of alkyl carbamates (subject to hydrolysis) is 1. The third-order valence-corrected chi connectivity index (χ3v) is 5.09. The molecule has 0 aromatic heterocycles. The van der Waals surface area contributed by atoms with E-state index in [4.69, 9.17) is 18.9 Å². The van der Waals surface area contributed by atoms with Crippen LogP contribution in [-0.4, -0.2) is 67.1 Å². The fraction of sp³-hybridized carbons (Fsp3) is 0.850. The quantitative estimate of drug-likeness (QED) is 0.192. The Balaban J connectivity index is 5.07. The zero-order valence-electron chi connectivity index (χ0n) is 18.6. The summed E-state index contributed by atoms with van der Waals surface area (Å²) in [5, 5.41) is 2.64. The molecule has 1 N–H and O–H groups in total. The Kier molecular flexibility index (Phi) is 13.8. The van der Waals surface area contributed by atoms with Crippen molar-refractivity contribution in [1.29, 1.82) is 0 Å². The molecule has 8 nitrogen and oxygen atoms in total. The Morgan fingerprint density at radius 3 is 1.97 bits per heavy atom. The number of thioether (sulfide) groups is 1. The van der Waals surface area contributed by atoms with Gasteiger partial charge in [-0.15, -0.1) is 11.8 Å². The standard InChI is InChI=1S/C20H37NO7S/c1-7-25-14-11-15-29-20(16(22)26-8-2,17(23)27-9-3)12-10-13-21-18(24)28-19(4,5)6/h7-15H2,1-6H3,(H,21,24). The first-order valence-electron chi connectivity index (χ1n) is 10.2. The van der Waals surface area contributed by atoms with Crippen molar-refractivity contribution in [3.05, 3.63) is 0 Å². The van der Waals surface area contributed by atoms with E-state index in [1.165, 1.54) is 11.8 Å². The fourth-order valence-corrected chi connectivity index (χ4v) is 3.62. The molecular formula is C20H37NO7S. The van der Waals surface area contributed by atoms with E-state index < -0.39 is 28.4 Å². The van der Waals surface area contributed by atoms with Crippen LogP contribution in [0.3, 0.4) is 0 Å². The lowest BCUT2D eigenvalue weighted by Crippen LogP contribution is -2.47. The lowest BCUT2D eigenvalue weighted by Gasteiger charge is -2.28. The van der Waals surface area contributed by atoms with E-state index in [0.29, 0.717) is 31.8 Å². The molecule has 9 heteroatoms. The molecule has 0 rings (SSSR count). The summed E-state index contributed by atoms with van der Waals surface area (Å²) in [5.74, 6) is -0.689. The van der Waals surface area contributed by atoms with Crippen LogP contribution < -0.4 is 5.32 Å². The molecule has 0 spiro atoms. The maximum Gasteiger partial charge on any atom is 0.407 e. The Bertz CT molecular complexity index is 488. The highest BCUT2D eigenvalue weighted by atomic mass is 32.2. The van der Waals surface area contributed by atoms with Gasteiger partial charge in [0.25, 0.3) is 0 Å². The summed E-state index contributed by atoms with van der Waals surface area (Å²) < 4.78 is 19.4. The van der Waals surface area contributed by atoms with Gasteiger partial charge in [-0.3, -0.25) is 0 Å². The van der Waals surface area contributed by atoms with E-state index in [0.717, 1.165) is 0 Å². The number of hydrogen-bond acceptors (Lipinski definition) is 8. The molecule has 0 aliphatic rings. The van der Waals surface area contributed by atoms with E-state index in [-0.39, 0.29) is 26.2 Å². The smallest absolute Gasteiger partial charge is 0.407 e. The number of carbonyl (C=O) groups is 3. The molecule has 0 fully saturated rings. The van der Waals surface area contributed by atoms with Gasteiger partial charge >= 0.3 is 18.0 Å². The van der Waals surface area contributed by atoms with Crippen LogP contribution in [0, 0.1) is 0 Å². The van der Waals surface area contributed by atoms with Crippen molar-refractivity contribution in [1.82, 2.24) is 5.32 Å².